The number of hydrogen-bond donors (Lipinski definition) is 0. The molecule has 0 heterocycles. The highest BCUT2D eigenvalue weighted by Gasteiger charge is 2.13. The van der Waals surface area contributed by atoms with Crippen molar-refractivity contribution in [2.24, 2.45) is 0 Å². The molecule has 2 nitrogen and oxygen atoms in total. The van der Waals surface area contributed by atoms with Crippen molar-refractivity contribution in [1.29, 1.82) is 5.26 Å². The first-order valence-corrected chi connectivity index (χ1v) is 4.26. The number of Topliss-reactive ketones (excluding diaryl/α,β-unsaturated/α-hetero) is 1. The number of ketones is 1. The van der Waals surface area contributed by atoms with Crippen molar-refractivity contribution in [3.8, 4) is 6.07 Å². The van der Waals surface area contributed by atoms with E-state index in [9.17, 15) is 4.79 Å². The third-order valence-electron chi connectivity index (χ3n) is 1.48. The zero-order valence-electron chi connectivity index (χ0n) is 6.55. The Hall–Kier alpha value is -1.04. The van der Waals surface area contributed by atoms with Gasteiger partial charge >= 0.3 is 0 Å². The molecule has 1 rings (SSSR count). The van der Waals surface area contributed by atoms with E-state index >= 15 is 0 Å². The first-order valence-electron chi connectivity index (χ1n) is 3.51. The fourth-order valence-electron chi connectivity index (χ4n) is 0.924. The van der Waals surface area contributed by atoms with Crippen molar-refractivity contribution in [3.63, 3.8) is 0 Å². The van der Waals surface area contributed by atoms with Crippen LogP contribution in [0.5, 0.6) is 0 Å². The molecule has 1 aromatic rings. The number of halogens is 2. The van der Waals surface area contributed by atoms with E-state index in [-0.39, 0.29) is 27.8 Å². The van der Waals surface area contributed by atoms with Crippen LogP contribution in [0.1, 0.15) is 16.8 Å². The molecule has 13 heavy (non-hydrogen) atoms. The van der Waals surface area contributed by atoms with Crippen LogP contribution in [-0.4, -0.2) is 5.78 Å². The zero-order valence-corrected chi connectivity index (χ0v) is 8.06. The zero-order chi connectivity index (χ0) is 9.84. The fourth-order valence-corrected chi connectivity index (χ4v) is 1.53. The van der Waals surface area contributed by atoms with E-state index in [0.717, 1.165) is 0 Å². The molecule has 0 aliphatic carbocycles. The van der Waals surface area contributed by atoms with E-state index in [1.165, 1.54) is 0 Å². The smallest absolute Gasteiger partial charge is 0.179 e. The van der Waals surface area contributed by atoms with Crippen molar-refractivity contribution < 1.29 is 4.79 Å². The number of carbonyl (C=O) groups excluding carboxylic acids is 1. The van der Waals surface area contributed by atoms with Crippen LogP contribution in [0.15, 0.2) is 18.2 Å². The van der Waals surface area contributed by atoms with Gasteiger partial charge in [0.1, 0.15) is 0 Å². The molecule has 4 heteroatoms. The Morgan fingerprint density at radius 1 is 1.38 bits per heavy atom. The number of nitriles is 1. The number of benzene rings is 1. The first kappa shape index (κ1) is 10.0. The summed E-state index contributed by atoms with van der Waals surface area (Å²) in [7, 11) is 0. The Bertz CT molecular complexity index is 361. The van der Waals surface area contributed by atoms with E-state index in [4.69, 9.17) is 28.5 Å². The van der Waals surface area contributed by atoms with E-state index in [1.54, 1.807) is 24.3 Å². The summed E-state index contributed by atoms with van der Waals surface area (Å²) in [4.78, 5) is 11.3. The van der Waals surface area contributed by atoms with Gasteiger partial charge in [-0.1, -0.05) is 29.3 Å². The predicted octanol–water partition coefficient (Wildman–Crippen LogP) is 3.09. The molecule has 0 unspecified atom stereocenters. The highest BCUT2D eigenvalue weighted by molar-refractivity contribution is 6.39. The Labute approximate surface area is 85.7 Å². The van der Waals surface area contributed by atoms with Crippen molar-refractivity contribution in [2.45, 2.75) is 6.42 Å². The quantitative estimate of drug-likeness (QED) is 0.709. The van der Waals surface area contributed by atoms with Crippen LogP contribution in [-0.2, 0) is 0 Å². The van der Waals surface area contributed by atoms with Gasteiger partial charge in [0.25, 0.3) is 0 Å². The Balaban J connectivity index is 3.14. The molecule has 0 aromatic heterocycles. The SMILES string of the molecule is N#CCC(=O)c1c(Cl)cccc1Cl. The molecule has 66 valence electrons. The maximum Gasteiger partial charge on any atom is 0.179 e. The lowest BCUT2D eigenvalue weighted by molar-refractivity contribution is 0.0998. The molecule has 0 saturated carbocycles. The molecule has 0 amide bonds. The van der Waals surface area contributed by atoms with Gasteiger partial charge in [0, 0.05) is 0 Å². The highest BCUT2D eigenvalue weighted by Crippen LogP contribution is 2.25. The number of hydrogen-bond acceptors (Lipinski definition) is 2. The molecule has 0 radical (unpaired) electrons. The van der Waals surface area contributed by atoms with Gasteiger partial charge in [-0.05, 0) is 12.1 Å². The Morgan fingerprint density at radius 3 is 2.38 bits per heavy atom. The molecule has 0 N–H and O–H groups in total. The molecule has 0 atom stereocenters. The second-order valence-electron chi connectivity index (χ2n) is 2.35. The standard InChI is InChI=1S/C9H5Cl2NO/c10-6-2-1-3-7(11)9(6)8(13)4-5-12/h1-3H,4H2. The third kappa shape index (κ3) is 2.21. The summed E-state index contributed by atoms with van der Waals surface area (Å²) in [5.74, 6) is -0.349. The summed E-state index contributed by atoms with van der Waals surface area (Å²) in [5.41, 5.74) is 0.229. The second-order valence-corrected chi connectivity index (χ2v) is 3.17. The van der Waals surface area contributed by atoms with Gasteiger partial charge in [-0.25, -0.2) is 0 Å². The predicted molar refractivity (Wildman–Crippen MR) is 51.0 cm³/mol. The Morgan fingerprint density at radius 2 is 1.92 bits per heavy atom. The second kappa shape index (κ2) is 4.27. The van der Waals surface area contributed by atoms with Crippen LogP contribution in [0, 0.1) is 11.3 Å². The molecule has 0 aliphatic rings. The van der Waals surface area contributed by atoms with Gasteiger partial charge in [0.15, 0.2) is 5.78 Å². The average Bonchev–Trinajstić information content (AvgIpc) is 2.04. The molecule has 0 fully saturated rings. The average molecular weight is 214 g/mol. The van der Waals surface area contributed by atoms with E-state index in [1.807, 2.05) is 0 Å². The summed E-state index contributed by atoms with van der Waals surface area (Å²) in [6.07, 6.45) is -0.205. The van der Waals surface area contributed by atoms with Gasteiger partial charge in [-0.2, -0.15) is 5.26 Å². The van der Waals surface area contributed by atoms with Crippen LogP contribution in [0.4, 0.5) is 0 Å². The van der Waals surface area contributed by atoms with Crippen molar-refractivity contribution in [1.82, 2.24) is 0 Å². The first-order chi connectivity index (χ1) is 6.16. The molecule has 0 saturated heterocycles. The molecule has 0 aliphatic heterocycles. The monoisotopic (exact) mass is 213 g/mol. The van der Waals surface area contributed by atoms with Crippen LogP contribution in [0.25, 0.3) is 0 Å². The van der Waals surface area contributed by atoms with Crippen molar-refractivity contribution in [2.75, 3.05) is 0 Å². The normalized spacial score (nSPS) is 9.31. The molecular formula is C9H5Cl2NO. The maximum absolute atomic E-state index is 11.3. The van der Waals surface area contributed by atoms with Crippen molar-refractivity contribution in [3.05, 3.63) is 33.8 Å². The summed E-state index contributed by atoms with van der Waals surface area (Å²) in [6, 6.07) is 6.54. The minimum atomic E-state index is -0.349. The van der Waals surface area contributed by atoms with E-state index < -0.39 is 0 Å². The van der Waals surface area contributed by atoms with E-state index in [2.05, 4.69) is 0 Å². The molecule has 1 aromatic carbocycles. The van der Waals surface area contributed by atoms with Gasteiger partial charge in [-0.15, -0.1) is 0 Å². The number of carbonyl (C=O) groups is 1. The van der Waals surface area contributed by atoms with Crippen molar-refractivity contribution >= 4 is 29.0 Å². The third-order valence-corrected chi connectivity index (χ3v) is 2.11. The topological polar surface area (TPSA) is 40.9 Å². The van der Waals surface area contributed by atoms with Gasteiger partial charge < -0.3 is 0 Å². The lowest BCUT2D eigenvalue weighted by Gasteiger charge is -2.01. The van der Waals surface area contributed by atoms with Crippen LogP contribution in [0.3, 0.4) is 0 Å². The summed E-state index contributed by atoms with van der Waals surface area (Å²) < 4.78 is 0. The van der Waals surface area contributed by atoms with Crippen LogP contribution in [0.2, 0.25) is 10.0 Å². The lowest BCUT2D eigenvalue weighted by Crippen LogP contribution is -1.99. The van der Waals surface area contributed by atoms with Gasteiger partial charge in [0.2, 0.25) is 0 Å². The number of nitrogens with zero attached hydrogens (tertiary/aromatic N) is 1. The lowest BCUT2D eigenvalue weighted by atomic mass is 10.1. The Kier molecular flexibility index (Phi) is 3.30. The summed E-state index contributed by atoms with van der Waals surface area (Å²) in [6.45, 7) is 0. The minimum absolute atomic E-state index is 0.205. The van der Waals surface area contributed by atoms with Gasteiger partial charge in [-0.3, -0.25) is 4.79 Å². The van der Waals surface area contributed by atoms with Crippen LogP contribution < -0.4 is 0 Å². The maximum atomic E-state index is 11.3. The fraction of sp³-hybridized carbons (Fsp3) is 0.111. The summed E-state index contributed by atoms with van der Waals surface area (Å²) in [5, 5.41) is 8.89. The van der Waals surface area contributed by atoms with E-state index in [0.29, 0.717) is 0 Å². The van der Waals surface area contributed by atoms with Gasteiger partial charge in [0.05, 0.1) is 28.1 Å². The number of rotatable bonds is 2. The molecule has 0 spiro atoms. The molecule has 0 bridgehead atoms. The minimum Gasteiger partial charge on any atom is -0.293 e. The summed E-state index contributed by atoms with van der Waals surface area (Å²) >= 11 is 11.5. The van der Waals surface area contributed by atoms with Crippen LogP contribution >= 0.6 is 23.2 Å². The largest absolute Gasteiger partial charge is 0.293 e. The molecular weight excluding hydrogens is 209 g/mol. The highest BCUT2D eigenvalue weighted by atomic mass is 35.5.